The summed E-state index contributed by atoms with van der Waals surface area (Å²) in [4.78, 5) is 28.4. The maximum absolute atomic E-state index is 12.9. The van der Waals surface area contributed by atoms with Gasteiger partial charge in [-0.3, -0.25) is 4.79 Å². The fraction of sp³-hybridized carbons (Fsp3) is 0.303. The Morgan fingerprint density at radius 3 is 2.78 bits per heavy atom. The first-order chi connectivity index (χ1) is 19.8. The number of anilines is 1. The molecule has 8 heteroatoms. The van der Waals surface area contributed by atoms with Crippen LogP contribution < -0.4 is 15.9 Å². The van der Waals surface area contributed by atoms with Crippen LogP contribution in [0.4, 0.5) is 5.82 Å². The minimum atomic E-state index is 0.0590. The molecule has 212 valence electrons. The Bertz CT molecular complexity index is 1700. The molecule has 0 atom stereocenters. The molecule has 1 N–H and O–H groups in total. The van der Waals surface area contributed by atoms with Crippen LogP contribution in [0.5, 0.6) is 0 Å². The third-order valence-electron chi connectivity index (χ3n) is 7.68. The highest BCUT2D eigenvalue weighted by atomic mass is 32.1. The van der Waals surface area contributed by atoms with E-state index in [0.717, 1.165) is 51.8 Å². The normalized spacial score (nSPS) is 14.5. The van der Waals surface area contributed by atoms with E-state index in [9.17, 15) is 4.79 Å². The van der Waals surface area contributed by atoms with E-state index in [1.807, 2.05) is 30.0 Å². The highest BCUT2D eigenvalue weighted by Gasteiger charge is 2.25. The highest BCUT2D eigenvalue weighted by molar-refractivity contribution is 7.19. The molecule has 4 heterocycles. The van der Waals surface area contributed by atoms with Crippen molar-refractivity contribution in [2.24, 2.45) is 0 Å². The van der Waals surface area contributed by atoms with Crippen LogP contribution in [0.2, 0.25) is 0 Å². The predicted octanol–water partition coefficient (Wildman–Crippen LogP) is 4.53. The van der Waals surface area contributed by atoms with Crippen LogP contribution in [0.1, 0.15) is 36.8 Å². The molecule has 41 heavy (non-hydrogen) atoms. The molecule has 1 amide bonds. The standard InChI is InChI=1S/C33H38N6OS/c1-6-27(19-26-14-17-38(24(26)4)20-25-11-8-7-9-12-25)36-32-31-28-15-18-39(21-29(28)41-33(31)35-22-34-32)30(40)13-10-16-37(5)23(2)3/h6-14,17,19,22-23H,4,15-16,18,20-21H2,1-3,5H3,(H,34,35,36)/b13-10+,26-19-,27-6+. The number of likely N-dealkylation sites (N-methyl/N-ethyl adjacent to an activating group) is 1. The molecule has 0 saturated heterocycles. The number of allylic oxidation sites excluding steroid dienone is 2. The number of carbonyl (C=O) groups is 1. The van der Waals surface area contributed by atoms with Gasteiger partial charge in [0.25, 0.3) is 0 Å². The topological polar surface area (TPSA) is 66.3 Å². The number of amides is 1. The zero-order valence-electron chi connectivity index (χ0n) is 24.3. The highest BCUT2D eigenvalue weighted by Crippen LogP contribution is 2.37. The molecular weight excluding hydrogens is 528 g/mol. The minimum absolute atomic E-state index is 0.0590. The van der Waals surface area contributed by atoms with E-state index in [1.165, 1.54) is 16.0 Å². The number of aromatic nitrogens is 3. The number of rotatable bonds is 9. The molecule has 4 aromatic rings. The average Bonchev–Trinajstić information content (AvgIpc) is 3.52. The first-order valence-corrected chi connectivity index (χ1v) is 14.9. The Balaban J connectivity index is 1.34. The number of fused-ring (bicyclic) bond motifs is 3. The van der Waals surface area contributed by atoms with Gasteiger partial charge in [-0.25, -0.2) is 9.97 Å². The monoisotopic (exact) mass is 566 g/mol. The molecule has 0 aliphatic carbocycles. The van der Waals surface area contributed by atoms with Crippen molar-refractivity contribution in [3.63, 3.8) is 0 Å². The summed E-state index contributed by atoms with van der Waals surface area (Å²) in [6, 6.07) is 12.9. The van der Waals surface area contributed by atoms with Crippen molar-refractivity contribution in [1.29, 1.82) is 0 Å². The van der Waals surface area contributed by atoms with E-state index in [2.05, 4.69) is 94.8 Å². The lowest BCUT2D eigenvalue weighted by Gasteiger charge is -2.26. The summed E-state index contributed by atoms with van der Waals surface area (Å²) >= 11 is 1.65. The number of hydrogen-bond donors (Lipinski definition) is 1. The van der Waals surface area contributed by atoms with Gasteiger partial charge in [-0.1, -0.05) is 49.1 Å². The summed E-state index contributed by atoms with van der Waals surface area (Å²) in [5.41, 5.74) is 3.42. The molecule has 1 aromatic carbocycles. The van der Waals surface area contributed by atoms with Gasteiger partial charge in [0.2, 0.25) is 5.91 Å². The van der Waals surface area contributed by atoms with E-state index >= 15 is 0 Å². The second-order valence-electron chi connectivity index (χ2n) is 10.7. The van der Waals surface area contributed by atoms with E-state index in [4.69, 9.17) is 0 Å². The number of nitrogens with one attached hydrogen (secondary N) is 1. The maximum atomic E-state index is 12.9. The Morgan fingerprint density at radius 2 is 2.02 bits per heavy atom. The third-order valence-corrected chi connectivity index (χ3v) is 8.80. The maximum Gasteiger partial charge on any atom is 0.246 e. The average molecular weight is 567 g/mol. The van der Waals surface area contributed by atoms with Crippen molar-refractivity contribution < 1.29 is 4.79 Å². The van der Waals surface area contributed by atoms with Gasteiger partial charge in [-0.2, -0.15) is 0 Å². The Morgan fingerprint density at radius 1 is 1.22 bits per heavy atom. The van der Waals surface area contributed by atoms with Gasteiger partial charge in [0.15, 0.2) is 0 Å². The fourth-order valence-electron chi connectivity index (χ4n) is 4.92. The molecule has 1 aliphatic heterocycles. The number of thiophene rings is 1. The lowest BCUT2D eigenvalue weighted by molar-refractivity contribution is -0.126. The first kappa shape index (κ1) is 28.5. The van der Waals surface area contributed by atoms with E-state index in [0.29, 0.717) is 19.1 Å². The van der Waals surface area contributed by atoms with Crippen molar-refractivity contribution in [2.75, 3.05) is 25.5 Å². The summed E-state index contributed by atoms with van der Waals surface area (Å²) in [5.74, 6) is 0.853. The molecule has 5 rings (SSSR count). The quantitative estimate of drug-likeness (QED) is 0.302. The Kier molecular flexibility index (Phi) is 8.81. The minimum Gasteiger partial charge on any atom is -0.344 e. The first-order valence-electron chi connectivity index (χ1n) is 14.1. The zero-order valence-corrected chi connectivity index (χ0v) is 25.1. The van der Waals surface area contributed by atoms with Crippen LogP contribution in [0.3, 0.4) is 0 Å². The predicted molar refractivity (Wildman–Crippen MR) is 170 cm³/mol. The number of nitrogens with zero attached hydrogens (tertiary/aromatic N) is 5. The number of carbonyl (C=O) groups excluding carboxylic acids is 1. The second-order valence-corrected chi connectivity index (χ2v) is 11.8. The van der Waals surface area contributed by atoms with Crippen LogP contribution in [0, 0.1) is 0 Å². The number of hydrogen-bond acceptors (Lipinski definition) is 6. The summed E-state index contributed by atoms with van der Waals surface area (Å²) in [6.07, 6.45) is 12.3. The van der Waals surface area contributed by atoms with E-state index in [1.54, 1.807) is 23.7 Å². The fourth-order valence-corrected chi connectivity index (χ4v) is 6.13. The van der Waals surface area contributed by atoms with Crippen LogP contribution in [0.25, 0.3) is 22.9 Å². The lowest BCUT2D eigenvalue weighted by atomic mass is 10.0. The molecule has 0 saturated carbocycles. The van der Waals surface area contributed by atoms with Crippen LogP contribution in [-0.2, 0) is 24.3 Å². The largest absolute Gasteiger partial charge is 0.344 e. The van der Waals surface area contributed by atoms with Gasteiger partial charge in [0.1, 0.15) is 17.0 Å². The second kappa shape index (κ2) is 12.7. The smallest absolute Gasteiger partial charge is 0.246 e. The molecule has 0 spiro atoms. The van der Waals surface area contributed by atoms with Crippen molar-refractivity contribution in [3.8, 4) is 0 Å². The molecule has 0 unspecified atom stereocenters. The van der Waals surface area contributed by atoms with Crippen LogP contribution in [0.15, 0.2) is 72.8 Å². The van der Waals surface area contributed by atoms with Gasteiger partial charge < -0.3 is 19.7 Å². The number of benzene rings is 1. The lowest BCUT2D eigenvalue weighted by Crippen LogP contribution is -2.34. The van der Waals surface area contributed by atoms with Gasteiger partial charge in [-0.05, 0) is 57.5 Å². The van der Waals surface area contributed by atoms with E-state index in [-0.39, 0.29) is 5.91 Å². The summed E-state index contributed by atoms with van der Waals surface area (Å²) in [6.45, 7) is 13.5. The third kappa shape index (κ3) is 6.50. The van der Waals surface area contributed by atoms with Crippen molar-refractivity contribution >= 4 is 45.9 Å². The summed E-state index contributed by atoms with van der Waals surface area (Å²) in [5, 5.41) is 6.63. The van der Waals surface area contributed by atoms with Crippen molar-refractivity contribution in [2.45, 2.75) is 46.3 Å². The molecule has 0 radical (unpaired) electrons. The molecule has 0 fully saturated rings. The van der Waals surface area contributed by atoms with Crippen molar-refractivity contribution in [3.05, 3.63) is 99.4 Å². The van der Waals surface area contributed by atoms with Crippen LogP contribution >= 0.6 is 11.3 Å². The zero-order chi connectivity index (χ0) is 28.9. The Labute approximate surface area is 245 Å². The van der Waals surface area contributed by atoms with Gasteiger partial charge in [0.05, 0.1) is 11.9 Å². The van der Waals surface area contributed by atoms with E-state index < -0.39 is 0 Å². The molecule has 3 aromatic heterocycles. The molecular formula is C33H38N6OS. The Hall–Kier alpha value is -4.01. The van der Waals surface area contributed by atoms with Crippen molar-refractivity contribution in [1.82, 2.24) is 24.3 Å². The van der Waals surface area contributed by atoms with Gasteiger partial charge in [0, 0.05) is 59.1 Å². The molecule has 1 aliphatic rings. The van der Waals surface area contributed by atoms with Gasteiger partial charge >= 0.3 is 0 Å². The van der Waals surface area contributed by atoms with Crippen LogP contribution in [-0.4, -0.2) is 56.4 Å². The summed E-state index contributed by atoms with van der Waals surface area (Å²) in [7, 11) is 2.06. The molecule has 7 nitrogen and oxygen atoms in total. The summed E-state index contributed by atoms with van der Waals surface area (Å²) < 4.78 is 2.16. The SMILES string of the molecule is C=c1/c(=C\C(=C/C)Nc2ncnc3sc4c(c23)CCN(C(=O)/C=C/CN(C)C(C)C)C4)ccn1Cc1ccccc1. The molecule has 0 bridgehead atoms. The van der Waals surface area contributed by atoms with Gasteiger partial charge in [-0.15, -0.1) is 11.3 Å².